The van der Waals surface area contributed by atoms with Crippen LogP contribution in [0, 0.1) is 12.3 Å². The van der Waals surface area contributed by atoms with Crippen LogP contribution in [0.15, 0.2) is 0 Å². The van der Waals surface area contributed by atoms with Crippen molar-refractivity contribution in [2.24, 2.45) is 0 Å². The van der Waals surface area contributed by atoms with E-state index in [1.165, 1.54) is 6.42 Å². The number of rotatable bonds is 3. The van der Waals surface area contributed by atoms with E-state index in [1.807, 2.05) is 0 Å². The average Bonchev–Trinajstić information content (AvgIpc) is 2.47. The lowest BCUT2D eigenvalue weighted by Gasteiger charge is -2.20. The van der Waals surface area contributed by atoms with Crippen molar-refractivity contribution in [1.29, 1.82) is 0 Å². The Morgan fingerprint density at radius 3 is 2.92 bits per heavy atom. The van der Waals surface area contributed by atoms with Gasteiger partial charge in [0.15, 0.2) is 0 Å². The highest BCUT2D eigenvalue weighted by atomic mass is 35.5. The zero-order valence-electron chi connectivity index (χ0n) is 7.20. The zero-order chi connectivity index (χ0) is 8.10. The van der Waals surface area contributed by atoms with Crippen LogP contribution in [0.25, 0.3) is 0 Å². The van der Waals surface area contributed by atoms with Crippen LogP contribution in [0.1, 0.15) is 19.3 Å². The van der Waals surface area contributed by atoms with Gasteiger partial charge in [0.1, 0.15) is 0 Å². The summed E-state index contributed by atoms with van der Waals surface area (Å²) in [6, 6.07) is 0.378. The Morgan fingerprint density at radius 1 is 1.58 bits per heavy atom. The van der Waals surface area contributed by atoms with Crippen molar-refractivity contribution in [3.8, 4) is 12.3 Å². The van der Waals surface area contributed by atoms with E-state index in [9.17, 15) is 0 Å². The summed E-state index contributed by atoms with van der Waals surface area (Å²) >= 11 is 0. The molecule has 1 unspecified atom stereocenters. The first-order chi connectivity index (χ1) is 5.38. The maximum atomic E-state index is 8.94. The predicted molar refractivity (Wildman–Crippen MR) is 52.4 cm³/mol. The van der Waals surface area contributed by atoms with Crippen molar-refractivity contribution >= 4 is 12.4 Å². The molecule has 1 rings (SSSR count). The molecule has 12 heavy (non-hydrogen) atoms. The molecule has 1 N–H and O–H groups in total. The van der Waals surface area contributed by atoms with Gasteiger partial charge in [-0.25, -0.2) is 0 Å². The molecule has 0 radical (unpaired) electrons. The van der Waals surface area contributed by atoms with Crippen LogP contribution >= 0.6 is 12.4 Å². The summed E-state index contributed by atoms with van der Waals surface area (Å²) < 4.78 is 0. The van der Waals surface area contributed by atoms with E-state index < -0.39 is 0 Å². The third-order valence-electron chi connectivity index (χ3n) is 2.25. The van der Waals surface area contributed by atoms with Gasteiger partial charge in [-0.2, -0.15) is 0 Å². The third kappa shape index (κ3) is 3.02. The van der Waals surface area contributed by atoms with Crippen LogP contribution in [0.5, 0.6) is 0 Å². The quantitative estimate of drug-likeness (QED) is 0.667. The van der Waals surface area contributed by atoms with Gasteiger partial charge in [0.25, 0.3) is 0 Å². The molecular weight excluding hydrogens is 174 g/mol. The van der Waals surface area contributed by atoms with Crippen molar-refractivity contribution < 1.29 is 5.11 Å². The van der Waals surface area contributed by atoms with Crippen LogP contribution in [0.4, 0.5) is 0 Å². The summed E-state index contributed by atoms with van der Waals surface area (Å²) in [6.07, 6.45) is 8.29. The van der Waals surface area contributed by atoms with Crippen molar-refractivity contribution in [2.45, 2.75) is 25.3 Å². The molecule has 1 atom stereocenters. The number of hydrogen-bond acceptors (Lipinski definition) is 2. The fourth-order valence-corrected chi connectivity index (χ4v) is 1.60. The Labute approximate surface area is 80.4 Å². The Kier molecular flexibility index (Phi) is 6.18. The standard InChI is InChI=1S/C9H15NO.ClH/c1-2-3-6-10-7-4-5-9(10)8-11;/h1,9,11H,3-8H2;1H. The summed E-state index contributed by atoms with van der Waals surface area (Å²) in [7, 11) is 0. The van der Waals surface area contributed by atoms with Crippen LogP contribution in [0.3, 0.4) is 0 Å². The number of nitrogens with zero attached hydrogens (tertiary/aromatic N) is 1. The molecule has 0 aliphatic carbocycles. The van der Waals surface area contributed by atoms with Crippen molar-refractivity contribution in [3.63, 3.8) is 0 Å². The van der Waals surface area contributed by atoms with Gasteiger partial charge in [0.2, 0.25) is 0 Å². The van der Waals surface area contributed by atoms with E-state index in [2.05, 4.69) is 10.8 Å². The molecule has 0 aromatic rings. The van der Waals surface area contributed by atoms with Crippen molar-refractivity contribution in [1.82, 2.24) is 4.90 Å². The van der Waals surface area contributed by atoms with E-state index in [4.69, 9.17) is 11.5 Å². The number of hydrogen-bond donors (Lipinski definition) is 1. The van der Waals surface area contributed by atoms with E-state index in [0.717, 1.165) is 25.9 Å². The maximum absolute atomic E-state index is 8.94. The molecule has 0 amide bonds. The van der Waals surface area contributed by atoms with Gasteiger partial charge in [-0.05, 0) is 19.4 Å². The second kappa shape index (κ2) is 6.30. The summed E-state index contributed by atoms with van der Waals surface area (Å²) in [5, 5.41) is 8.94. The molecule has 1 saturated heterocycles. The molecule has 1 heterocycles. The molecule has 2 nitrogen and oxygen atoms in total. The Bertz CT molecular complexity index is 155. The third-order valence-corrected chi connectivity index (χ3v) is 2.25. The van der Waals surface area contributed by atoms with Gasteiger partial charge in [-0.15, -0.1) is 24.8 Å². The second-order valence-corrected chi connectivity index (χ2v) is 2.97. The maximum Gasteiger partial charge on any atom is 0.0586 e. The topological polar surface area (TPSA) is 23.5 Å². The summed E-state index contributed by atoms with van der Waals surface area (Å²) in [5.74, 6) is 2.62. The number of halogens is 1. The fraction of sp³-hybridized carbons (Fsp3) is 0.778. The minimum absolute atomic E-state index is 0. The van der Waals surface area contributed by atoms with Crippen LogP contribution in [-0.2, 0) is 0 Å². The highest BCUT2D eigenvalue weighted by Crippen LogP contribution is 2.16. The van der Waals surface area contributed by atoms with Gasteiger partial charge >= 0.3 is 0 Å². The smallest absolute Gasteiger partial charge is 0.0586 e. The summed E-state index contributed by atoms with van der Waals surface area (Å²) in [4.78, 5) is 2.28. The molecule has 3 heteroatoms. The SMILES string of the molecule is C#CCCN1CCCC1CO.Cl. The lowest BCUT2D eigenvalue weighted by Crippen LogP contribution is -2.32. The molecule has 1 aliphatic heterocycles. The fourth-order valence-electron chi connectivity index (χ4n) is 1.60. The number of aliphatic hydroxyl groups excluding tert-OH is 1. The van der Waals surface area contributed by atoms with Crippen molar-refractivity contribution in [2.75, 3.05) is 19.7 Å². The zero-order valence-corrected chi connectivity index (χ0v) is 8.02. The van der Waals surface area contributed by atoms with Crippen LogP contribution < -0.4 is 0 Å². The van der Waals surface area contributed by atoms with Gasteiger partial charge in [-0.3, -0.25) is 4.90 Å². The second-order valence-electron chi connectivity index (χ2n) is 2.97. The minimum Gasteiger partial charge on any atom is -0.395 e. The highest BCUT2D eigenvalue weighted by molar-refractivity contribution is 5.85. The Balaban J connectivity index is 0.00000121. The molecule has 0 spiro atoms. The first-order valence-electron chi connectivity index (χ1n) is 4.17. The van der Waals surface area contributed by atoms with E-state index >= 15 is 0 Å². The molecule has 1 fully saturated rings. The first kappa shape index (κ1) is 11.8. The Morgan fingerprint density at radius 2 is 2.33 bits per heavy atom. The predicted octanol–water partition coefficient (Wildman–Crippen LogP) is 0.888. The molecule has 0 saturated carbocycles. The summed E-state index contributed by atoms with van der Waals surface area (Å²) in [5.41, 5.74) is 0. The van der Waals surface area contributed by atoms with Crippen LogP contribution in [0.2, 0.25) is 0 Å². The first-order valence-corrected chi connectivity index (χ1v) is 4.17. The molecule has 0 bridgehead atoms. The monoisotopic (exact) mass is 189 g/mol. The largest absolute Gasteiger partial charge is 0.395 e. The van der Waals surface area contributed by atoms with Gasteiger partial charge in [0.05, 0.1) is 6.61 Å². The minimum atomic E-state index is 0. The van der Waals surface area contributed by atoms with Gasteiger partial charge < -0.3 is 5.11 Å². The summed E-state index contributed by atoms with van der Waals surface area (Å²) in [6.45, 7) is 2.33. The van der Waals surface area contributed by atoms with Gasteiger partial charge in [0, 0.05) is 19.0 Å². The van der Waals surface area contributed by atoms with Crippen molar-refractivity contribution in [3.05, 3.63) is 0 Å². The molecule has 0 aromatic carbocycles. The number of terminal acetylenes is 1. The molecule has 0 aromatic heterocycles. The van der Waals surface area contributed by atoms with Gasteiger partial charge in [-0.1, -0.05) is 0 Å². The van der Waals surface area contributed by atoms with E-state index in [0.29, 0.717) is 6.04 Å². The van der Waals surface area contributed by atoms with Crippen LogP contribution in [-0.4, -0.2) is 35.7 Å². The average molecular weight is 190 g/mol. The molecular formula is C9H16ClNO. The molecule has 1 aliphatic rings. The van der Waals surface area contributed by atoms with E-state index in [1.54, 1.807) is 0 Å². The highest BCUT2D eigenvalue weighted by Gasteiger charge is 2.22. The molecule has 70 valence electrons. The normalized spacial score (nSPS) is 23.2. The Hall–Kier alpha value is -0.230. The lowest BCUT2D eigenvalue weighted by molar-refractivity contribution is 0.161. The number of likely N-dealkylation sites (tertiary alicyclic amines) is 1. The number of aliphatic hydroxyl groups is 1. The lowest BCUT2D eigenvalue weighted by atomic mass is 10.2. The van der Waals surface area contributed by atoms with E-state index in [-0.39, 0.29) is 19.0 Å².